The quantitative estimate of drug-likeness (QED) is 0.595. The smallest absolute Gasteiger partial charge is 0.337 e. The van der Waals surface area contributed by atoms with E-state index in [2.05, 4.69) is 15.0 Å². The fourth-order valence-electron chi connectivity index (χ4n) is 2.46. The van der Waals surface area contributed by atoms with Gasteiger partial charge in [0.05, 0.1) is 34.6 Å². The Kier molecular flexibility index (Phi) is 5.71. The van der Waals surface area contributed by atoms with Gasteiger partial charge < -0.3 is 10.1 Å². The van der Waals surface area contributed by atoms with Gasteiger partial charge in [0.25, 0.3) is 5.91 Å². The number of anilines is 1. The largest absolute Gasteiger partial charge is 0.465 e. The second kappa shape index (κ2) is 8.04. The van der Waals surface area contributed by atoms with Crippen molar-refractivity contribution in [3.05, 3.63) is 69.2 Å². The van der Waals surface area contributed by atoms with E-state index in [4.69, 9.17) is 11.6 Å². The highest BCUT2D eigenvalue weighted by atomic mass is 35.5. The number of ether oxygens (including phenoxy) is 1. The molecule has 0 aliphatic heterocycles. The second-order valence-electron chi connectivity index (χ2n) is 5.67. The van der Waals surface area contributed by atoms with Crippen molar-refractivity contribution < 1.29 is 23.1 Å². The Hall–Kier alpha value is -2.84. The van der Waals surface area contributed by atoms with Gasteiger partial charge in [-0.3, -0.25) is 4.79 Å². The molecule has 0 spiro atoms. The highest BCUT2D eigenvalue weighted by Gasteiger charge is 2.21. The van der Waals surface area contributed by atoms with E-state index in [1.54, 1.807) is 6.92 Å². The van der Waals surface area contributed by atoms with Crippen LogP contribution in [0.3, 0.4) is 0 Å². The summed E-state index contributed by atoms with van der Waals surface area (Å²) in [6, 6.07) is 7.77. The Balaban J connectivity index is 1.93. The van der Waals surface area contributed by atoms with Gasteiger partial charge in [0.2, 0.25) is 0 Å². The number of carbonyl (C=O) groups is 2. The zero-order valence-electron chi connectivity index (χ0n) is 14.7. The van der Waals surface area contributed by atoms with Gasteiger partial charge in [0, 0.05) is 0 Å². The molecule has 0 radical (unpaired) electrons. The molecule has 0 aliphatic rings. The third kappa shape index (κ3) is 3.88. The van der Waals surface area contributed by atoms with E-state index in [-0.39, 0.29) is 31.7 Å². The minimum Gasteiger partial charge on any atom is -0.465 e. The van der Waals surface area contributed by atoms with Crippen LogP contribution in [-0.2, 0) is 4.74 Å². The first-order chi connectivity index (χ1) is 13.3. The summed E-state index contributed by atoms with van der Waals surface area (Å²) in [5, 5.41) is 2.85. The fourth-order valence-corrected chi connectivity index (χ4v) is 3.64. The van der Waals surface area contributed by atoms with Crippen molar-refractivity contribution in [2.75, 3.05) is 12.4 Å². The molecule has 2 aromatic carbocycles. The number of amides is 1. The number of nitrogens with zero attached hydrogens (tertiary/aromatic N) is 1. The molecule has 3 rings (SSSR count). The number of hydrogen-bond donors (Lipinski definition) is 1. The Bertz CT molecular complexity index is 1060. The average Bonchev–Trinajstić information content (AvgIpc) is 3.04. The zero-order chi connectivity index (χ0) is 20.4. The number of aromatic nitrogens is 1. The van der Waals surface area contributed by atoms with Crippen molar-refractivity contribution in [1.82, 2.24) is 4.98 Å². The summed E-state index contributed by atoms with van der Waals surface area (Å²) in [6.45, 7) is 1.56. The van der Waals surface area contributed by atoms with Gasteiger partial charge in [-0.15, -0.1) is 11.3 Å². The third-order valence-electron chi connectivity index (χ3n) is 3.82. The molecule has 1 N–H and O–H groups in total. The lowest BCUT2D eigenvalue weighted by molar-refractivity contribution is 0.0600. The van der Waals surface area contributed by atoms with Crippen LogP contribution in [0.2, 0.25) is 5.02 Å². The highest BCUT2D eigenvalue weighted by molar-refractivity contribution is 7.17. The minimum absolute atomic E-state index is 0.0488. The molecule has 0 unspecified atom stereocenters. The first-order valence-electron chi connectivity index (χ1n) is 7.93. The summed E-state index contributed by atoms with van der Waals surface area (Å²) in [5.74, 6) is -2.69. The van der Waals surface area contributed by atoms with E-state index >= 15 is 0 Å². The predicted octanol–water partition coefficient (Wildman–Crippen LogP) is 5.09. The number of thiazole rings is 1. The summed E-state index contributed by atoms with van der Waals surface area (Å²) >= 11 is 6.93. The van der Waals surface area contributed by atoms with Crippen molar-refractivity contribution >= 4 is 40.5 Å². The standard InChI is InChI=1S/C19H13ClF2N2O3S/c1-9-16(28-18(23-9)15-12(21)4-3-5-13(15)22)17(25)24-14-8-10(19(26)27-2)6-7-11(14)20/h3-8H,1-2H3,(H,24,25). The highest BCUT2D eigenvalue weighted by Crippen LogP contribution is 2.33. The topological polar surface area (TPSA) is 68.3 Å². The van der Waals surface area contributed by atoms with Crippen LogP contribution in [0, 0.1) is 18.6 Å². The average molecular weight is 423 g/mol. The minimum atomic E-state index is -0.769. The van der Waals surface area contributed by atoms with Crippen LogP contribution in [0.15, 0.2) is 36.4 Å². The van der Waals surface area contributed by atoms with Crippen LogP contribution < -0.4 is 5.32 Å². The molecular weight excluding hydrogens is 410 g/mol. The Morgan fingerprint density at radius 3 is 2.50 bits per heavy atom. The number of benzene rings is 2. The van der Waals surface area contributed by atoms with E-state index in [9.17, 15) is 18.4 Å². The van der Waals surface area contributed by atoms with E-state index in [1.165, 1.54) is 31.4 Å². The van der Waals surface area contributed by atoms with Gasteiger partial charge in [-0.1, -0.05) is 17.7 Å². The van der Waals surface area contributed by atoms with Crippen LogP contribution in [-0.4, -0.2) is 24.0 Å². The number of rotatable bonds is 4. The molecule has 1 heterocycles. The van der Waals surface area contributed by atoms with Gasteiger partial charge in [-0.05, 0) is 37.3 Å². The Labute approximate surface area is 167 Å². The summed E-state index contributed by atoms with van der Waals surface area (Å²) in [6.07, 6.45) is 0. The lowest BCUT2D eigenvalue weighted by Gasteiger charge is -2.08. The van der Waals surface area contributed by atoms with Gasteiger partial charge >= 0.3 is 5.97 Å². The molecule has 0 aliphatic carbocycles. The van der Waals surface area contributed by atoms with Gasteiger partial charge in [-0.2, -0.15) is 0 Å². The predicted molar refractivity (Wildman–Crippen MR) is 103 cm³/mol. The number of nitrogens with one attached hydrogen (secondary N) is 1. The molecule has 28 heavy (non-hydrogen) atoms. The second-order valence-corrected chi connectivity index (χ2v) is 7.08. The molecular formula is C19H13ClF2N2O3S. The van der Waals surface area contributed by atoms with Crippen LogP contribution in [0.4, 0.5) is 14.5 Å². The molecule has 0 saturated heterocycles. The number of halogens is 3. The fraction of sp³-hybridized carbons (Fsp3) is 0.105. The number of carbonyl (C=O) groups excluding carboxylic acids is 2. The SMILES string of the molecule is COC(=O)c1ccc(Cl)c(NC(=O)c2sc(-c3c(F)cccc3F)nc2C)c1. The van der Waals surface area contributed by atoms with Crippen molar-refractivity contribution in [1.29, 1.82) is 0 Å². The van der Waals surface area contributed by atoms with Crippen molar-refractivity contribution in [2.24, 2.45) is 0 Å². The third-order valence-corrected chi connectivity index (χ3v) is 5.32. The van der Waals surface area contributed by atoms with Crippen molar-refractivity contribution in [3.8, 4) is 10.6 Å². The maximum atomic E-state index is 14.0. The van der Waals surface area contributed by atoms with Crippen LogP contribution in [0.1, 0.15) is 25.7 Å². The first-order valence-corrected chi connectivity index (χ1v) is 9.12. The molecule has 144 valence electrons. The van der Waals surface area contributed by atoms with E-state index < -0.39 is 23.5 Å². The molecule has 0 saturated carbocycles. The number of hydrogen-bond acceptors (Lipinski definition) is 5. The zero-order valence-corrected chi connectivity index (χ0v) is 16.3. The summed E-state index contributed by atoms with van der Waals surface area (Å²) in [4.78, 5) is 28.6. The molecule has 0 bridgehead atoms. The van der Waals surface area contributed by atoms with Crippen LogP contribution >= 0.6 is 22.9 Å². The van der Waals surface area contributed by atoms with Crippen molar-refractivity contribution in [2.45, 2.75) is 6.92 Å². The van der Waals surface area contributed by atoms with E-state index in [0.717, 1.165) is 23.5 Å². The monoisotopic (exact) mass is 422 g/mol. The normalized spacial score (nSPS) is 10.6. The maximum absolute atomic E-state index is 14.0. The molecule has 1 amide bonds. The van der Waals surface area contributed by atoms with Gasteiger partial charge in [-0.25, -0.2) is 18.6 Å². The van der Waals surface area contributed by atoms with Crippen LogP contribution in [0.25, 0.3) is 10.6 Å². The van der Waals surface area contributed by atoms with Gasteiger partial charge in [0.15, 0.2) is 0 Å². The summed E-state index contributed by atoms with van der Waals surface area (Å²) < 4.78 is 32.6. The van der Waals surface area contributed by atoms with Gasteiger partial charge in [0.1, 0.15) is 21.5 Å². The molecule has 5 nitrogen and oxygen atoms in total. The first kappa shape index (κ1) is 19.9. The Morgan fingerprint density at radius 1 is 1.18 bits per heavy atom. The number of methoxy groups -OCH3 is 1. The molecule has 0 fully saturated rings. The van der Waals surface area contributed by atoms with Crippen LogP contribution in [0.5, 0.6) is 0 Å². The van der Waals surface area contributed by atoms with E-state index in [1.807, 2.05) is 0 Å². The lowest BCUT2D eigenvalue weighted by atomic mass is 10.2. The number of esters is 1. The molecule has 3 aromatic rings. The lowest BCUT2D eigenvalue weighted by Crippen LogP contribution is -2.13. The molecule has 0 atom stereocenters. The molecule has 9 heteroatoms. The van der Waals surface area contributed by atoms with E-state index in [0.29, 0.717) is 5.69 Å². The van der Waals surface area contributed by atoms with Crippen molar-refractivity contribution in [3.63, 3.8) is 0 Å². The summed E-state index contributed by atoms with van der Waals surface area (Å²) in [5.41, 5.74) is 0.416. The Morgan fingerprint density at radius 2 is 1.86 bits per heavy atom. The number of aryl methyl sites for hydroxylation is 1. The molecule has 1 aromatic heterocycles. The maximum Gasteiger partial charge on any atom is 0.337 e. The summed E-state index contributed by atoms with van der Waals surface area (Å²) in [7, 11) is 1.24.